The number of aromatic nitrogens is 1. The van der Waals surface area contributed by atoms with Crippen molar-refractivity contribution in [2.24, 2.45) is 0 Å². The number of hydrogen-bond acceptors (Lipinski definition) is 3. The van der Waals surface area contributed by atoms with Crippen LogP contribution in [-0.4, -0.2) is 11.1 Å². The molecule has 0 fully saturated rings. The number of carbonyl (C=O) groups is 1. The molecule has 0 saturated carbocycles. The van der Waals surface area contributed by atoms with Gasteiger partial charge in [0.05, 0.1) is 18.2 Å². The van der Waals surface area contributed by atoms with E-state index in [-0.39, 0.29) is 11.9 Å². The van der Waals surface area contributed by atoms with Crippen molar-refractivity contribution in [1.29, 1.82) is 0 Å². The highest BCUT2D eigenvalue weighted by molar-refractivity contribution is 5.82. The highest BCUT2D eigenvalue weighted by atomic mass is 16.5. The zero-order chi connectivity index (χ0) is 13.6. The fourth-order valence-electron chi connectivity index (χ4n) is 2.75. The van der Waals surface area contributed by atoms with Gasteiger partial charge in [-0.3, -0.25) is 4.79 Å². The maximum Gasteiger partial charge on any atom is 0.224 e. The summed E-state index contributed by atoms with van der Waals surface area (Å²) >= 11 is 0. The van der Waals surface area contributed by atoms with E-state index in [1.165, 1.54) is 5.56 Å². The molecule has 1 aromatic carbocycles. The summed E-state index contributed by atoms with van der Waals surface area (Å²) in [6, 6.07) is 6.26. The number of hydrogen-bond donors (Lipinski definition) is 1. The van der Waals surface area contributed by atoms with E-state index in [2.05, 4.69) is 16.5 Å². The summed E-state index contributed by atoms with van der Waals surface area (Å²) < 4.78 is 5.22. The Labute approximate surface area is 111 Å². The van der Waals surface area contributed by atoms with Crippen LogP contribution in [0.25, 0.3) is 11.1 Å². The van der Waals surface area contributed by atoms with Crippen LogP contribution >= 0.6 is 0 Å². The van der Waals surface area contributed by atoms with Crippen molar-refractivity contribution in [2.45, 2.75) is 33.2 Å². The van der Waals surface area contributed by atoms with Crippen molar-refractivity contribution in [3.05, 3.63) is 40.8 Å². The van der Waals surface area contributed by atoms with Crippen LogP contribution in [0.4, 0.5) is 0 Å². The van der Waals surface area contributed by atoms with Gasteiger partial charge >= 0.3 is 0 Å². The van der Waals surface area contributed by atoms with Crippen LogP contribution in [0.2, 0.25) is 0 Å². The lowest BCUT2D eigenvalue weighted by Gasteiger charge is -2.24. The number of amides is 1. The minimum absolute atomic E-state index is 0.0525. The van der Waals surface area contributed by atoms with Crippen molar-refractivity contribution in [1.82, 2.24) is 10.5 Å². The summed E-state index contributed by atoms with van der Waals surface area (Å²) in [6.07, 6.45) is 0.460. The van der Waals surface area contributed by atoms with Gasteiger partial charge in [-0.25, -0.2) is 0 Å². The minimum Gasteiger partial charge on any atom is -0.361 e. The standard InChI is InChI=1S/C15H16N2O2/c1-8-13-6-12(15-9(2)17-19-10(15)3)5-4-11(13)7-14(18)16-8/h4-6,8H,7H2,1-3H3,(H,16,18). The molecule has 0 radical (unpaired) electrons. The minimum atomic E-state index is 0.0525. The molecular weight excluding hydrogens is 240 g/mol. The number of nitrogens with zero attached hydrogens (tertiary/aromatic N) is 1. The van der Waals surface area contributed by atoms with E-state index in [0.29, 0.717) is 6.42 Å². The Bertz CT molecular complexity index is 639. The summed E-state index contributed by atoms with van der Waals surface area (Å²) in [6.45, 7) is 5.86. The van der Waals surface area contributed by atoms with Gasteiger partial charge in [0.15, 0.2) is 0 Å². The third-order valence-corrected chi connectivity index (χ3v) is 3.66. The average molecular weight is 256 g/mol. The van der Waals surface area contributed by atoms with E-state index in [0.717, 1.165) is 28.1 Å². The second-order valence-corrected chi connectivity index (χ2v) is 5.08. The fraction of sp³-hybridized carbons (Fsp3) is 0.333. The highest BCUT2D eigenvalue weighted by Gasteiger charge is 2.22. The molecule has 2 aromatic rings. The van der Waals surface area contributed by atoms with Gasteiger partial charge in [0.2, 0.25) is 5.91 Å². The maximum absolute atomic E-state index is 11.5. The molecule has 4 heteroatoms. The molecule has 2 heterocycles. The van der Waals surface area contributed by atoms with E-state index in [1.54, 1.807) is 0 Å². The third kappa shape index (κ3) is 1.93. The molecule has 1 N–H and O–H groups in total. The summed E-state index contributed by atoms with van der Waals surface area (Å²) in [5.41, 5.74) is 5.32. The van der Waals surface area contributed by atoms with E-state index < -0.39 is 0 Å². The Hall–Kier alpha value is -2.10. The molecule has 0 bridgehead atoms. The quantitative estimate of drug-likeness (QED) is 0.853. The topological polar surface area (TPSA) is 55.1 Å². The number of benzene rings is 1. The molecule has 1 aliphatic heterocycles. The SMILES string of the molecule is Cc1noc(C)c1-c1ccc2c(c1)C(C)NC(=O)C2. The number of nitrogens with one attached hydrogen (secondary N) is 1. The monoisotopic (exact) mass is 256 g/mol. The van der Waals surface area contributed by atoms with Crippen LogP contribution in [0.1, 0.15) is 35.5 Å². The van der Waals surface area contributed by atoms with Gasteiger partial charge in [-0.05, 0) is 43.5 Å². The predicted octanol–water partition coefficient (Wildman–Crippen LogP) is 2.69. The predicted molar refractivity (Wildman–Crippen MR) is 71.7 cm³/mol. The van der Waals surface area contributed by atoms with E-state index in [1.807, 2.05) is 32.9 Å². The van der Waals surface area contributed by atoms with Gasteiger partial charge in [0, 0.05) is 5.56 Å². The molecule has 1 atom stereocenters. The highest BCUT2D eigenvalue weighted by Crippen LogP contribution is 2.32. The first kappa shape index (κ1) is 12.0. The van der Waals surface area contributed by atoms with Crippen LogP contribution in [0.5, 0.6) is 0 Å². The van der Waals surface area contributed by atoms with E-state index in [9.17, 15) is 4.79 Å². The Kier molecular flexibility index (Phi) is 2.66. The zero-order valence-corrected chi connectivity index (χ0v) is 11.3. The Morgan fingerprint density at radius 3 is 2.84 bits per heavy atom. The lowest BCUT2D eigenvalue weighted by atomic mass is 9.91. The summed E-state index contributed by atoms with van der Waals surface area (Å²) in [5.74, 6) is 0.912. The van der Waals surface area contributed by atoms with Crippen molar-refractivity contribution >= 4 is 5.91 Å². The van der Waals surface area contributed by atoms with Crippen LogP contribution in [0.3, 0.4) is 0 Å². The molecule has 19 heavy (non-hydrogen) atoms. The van der Waals surface area contributed by atoms with E-state index in [4.69, 9.17) is 4.52 Å². The normalized spacial score (nSPS) is 18.1. The first-order chi connectivity index (χ1) is 9.06. The van der Waals surface area contributed by atoms with Crippen molar-refractivity contribution in [2.75, 3.05) is 0 Å². The van der Waals surface area contributed by atoms with Crippen LogP contribution in [0, 0.1) is 13.8 Å². The molecule has 0 aliphatic carbocycles. The lowest BCUT2D eigenvalue weighted by Crippen LogP contribution is -2.33. The lowest BCUT2D eigenvalue weighted by molar-refractivity contribution is -0.121. The van der Waals surface area contributed by atoms with Crippen molar-refractivity contribution in [3.63, 3.8) is 0 Å². The third-order valence-electron chi connectivity index (χ3n) is 3.66. The number of carbonyl (C=O) groups excluding carboxylic acids is 1. The van der Waals surface area contributed by atoms with Gasteiger partial charge < -0.3 is 9.84 Å². The average Bonchev–Trinajstić information content (AvgIpc) is 2.69. The number of aryl methyl sites for hydroxylation is 2. The van der Waals surface area contributed by atoms with Gasteiger partial charge in [-0.1, -0.05) is 17.3 Å². The molecule has 3 rings (SSSR count). The van der Waals surface area contributed by atoms with Gasteiger partial charge in [-0.15, -0.1) is 0 Å². The van der Waals surface area contributed by atoms with Crippen LogP contribution in [-0.2, 0) is 11.2 Å². The second kappa shape index (κ2) is 4.23. The smallest absolute Gasteiger partial charge is 0.224 e. The molecule has 1 aliphatic rings. The Morgan fingerprint density at radius 1 is 1.37 bits per heavy atom. The molecule has 1 aromatic heterocycles. The van der Waals surface area contributed by atoms with Crippen molar-refractivity contribution < 1.29 is 9.32 Å². The Balaban J connectivity index is 2.12. The first-order valence-corrected chi connectivity index (χ1v) is 6.41. The summed E-state index contributed by atoms with van der Waals surface area (Å²) in [4.78, 5) is 11.5. The van der Waals surface area contributed by atoms with Gasteiger partial charge in [0.25, 0.3) is 0 Å². The van der Waals surface area contributed by atoms with Crippen LogP contribution in [0.15, 0.2) is 22.7 Å². The summed E-state index contributed by atoms with van der Waals surface area (Å²) in [5, 5.41) is 6.95. The number of rotatable bonds is 1. The van der Waals surface area contributed by atoms with Gasteiger partial charge in [0.1, 0.15) is 5.76 Å². The molecule has 4 nitrogen and oxygen atoms in total. The van der Waals surface area contributed by atoms with Crippen LogP contribution < -0.4 is 5.32 Å². The largest absolute Gasteiger partial charge is 0.361 e. The van der Waals surface area contributed by atoms with Crippen molar-refractivity contribution in [3.8, 4) is 11.1 Å². The fourth-order valence-corrected chi connectivity index (χ4v) is 2.75. The molecule has 98 valence electrons. The summed E-state index contributed by atoms with van der Waals surface area (Å²) in [7, 11) is 0. The van der Waals surface area contributed by atoms with E-state index >= 15 is 0 Å². The molecule has 0 saturated heterocycles. The zero-order valence-electron chi connectivity index (χ0n) is 11.3. The molecule has 0 spiro atoms. The maximum atomic E-state index is 11.5. The Morgan fingerprint density at radius 2 is 2.16 bits per heavy atom. The molecule has 1 unspecified atom stereocenters. The first-order valence-electron chi connectivity index (χ1n) is 6.41. The molecular formula is C15H16N2O2. The number of fused-ring (bicyclic) bond motifs is 1. The van der Waals surface area contributed by atoms with Gasteiger partial charge in [-0.2, -0.15) is 0 Å². The second-order valence-electron chi connectivity index (χ2n) is 5.08. The molecule has 1 amide bonds.